The summed E-state index contributed by atoms with van der Waals surface area (Å²) in [5.41, 5.74) is 1.59. The predicted molar refractivity (Wildman–Crippen MR) is 108 cm³/mol. The zero-order chi connectivity index (χ0) is 21.1. The van der Waals surface area contributed by atoms with Crippen molar-refractivity contribution < 1.29 is 27.7 Å². The van der Waals surface area contributed by atoms with Crippen LogP contribution in [0.1, 0.15) is 25.0 Å². The Morgan fingerprint density at radius 1 is 0.900 bits per heavy atom. The second-order valence-corrected chi connectivity index (χ2v) is 7.77. The zero-order valence-electron chi connectivity index (χ0n) is 16.8. The van der Waals surface area contributed by atoms with Gasteiger partial charge in [-0.1, -0.05) is 26.0 Å². The van der Waals surface area contributed by atoms with Crippen molar-refractivity contribution in [2.24, 2.45) is 0 Å². The highest BCUT2D eigenvalue weighted by Crippen LogP contribution is 2.36. The molecule has 6 heteroatoms. The maximum absolute atomic E-state index is 14.1. The average Bonchev–Trinajstić information content (AvgIpc) is 3.20. The van der Waals surface area contributed by atoms with E-state index in [0.29, 0.717) is 19.0 Å². The van der Waals surface area contributed by atoms with Gasteiger partial charge in [-0.15, -0.1) is 0 Å². The molecule has 156 valence electrons. The van der Waals surface area contributed by atoms with Crippen molar-refractivity contribution >= 4 is 0 Å². The monoisotopic (exact) mass is 412 g/mol. The molecule has 4 nitrogen and oxygen atoms in total. The number of benzene rings is 3. The Morgan fingerprint density at radius 2 is 1.67 bits per heavy atom. The van der Waals surface area contributed by atoms with Crippen LogP contribution in [0.3, 0.4) is 0 Å². The second-order valence-electron chi connectivity index (χ2n) is 7.77. The molecule has 30 heavy (non-hydrogen) atoms. The quantitative estimate of drug-likeness (QED) is 0.478. The average molecular weight is 412 g/mol. The van der Waals surface area contributed by atoms with Crippen LogP contribution < -0.4 is 14.2 Å². The summed E-state index contributed by atoms with van der Waals surface area (Å²) in [6.45, 7) is 5.16. The summed E-state index contributed by atoms with van der Waals surface area (Å²) in [6.07, 6.45) is 0. The summed E-state index contributed by atoms with van der Waals surface area (Å²) in [4.78, 5) is 0. The Hall–Kier alpha value is -3.12. The maximum atomic E-state index is 14.1. The van der Waals surface area contributed by atoms with E-state index < -0.39 is 5.82 Å². The van der Waals surface area contributed by atoms with Crippen molar-refractivity contribution in [3.63, 3.8) is 0 Å². The van der Waals surface area contributed by atoms with Gasteiger partial charge in [0.2, 0.25) is 6.79 Å². The first-order valence-corrected chi connectivity index (χ1v) is 9.60. The molecule has 0 aliphatic carbocycles. The number of hydrogen-bond donors (Lipinski definition) is 0. The van der Waals surface area contributed by atoms with Crippen LogP contribution in [0.4, 0.5) is 8.78 Å². The summed E-state index contributed by atoms with van der Waals surface area (Å²) in [5, 5.41) is 0. The van der Waals surface area contributed by atoms with Crippen LogP contribution >= 0.6 is 0 Å². The molecule has 0 spiro atoms. The molecule has 0 radical (unpaired) electrons. The van der Waals surface area contributed by atoms with Crippen LogP contribution in [0, 0.1) is 11.6 Å². The third-order valence-electron chi connectivity index (χ3n) is 4.92. The van der Waals surface area contributed by atoms with E-state index in [1.807, 2.05) is 18.2 Å². The summed E-state index contributed by atoms with van der Waals surface area (Å²) in [7, 11) is 0. The highest BCUT2D eigenvalue weighted by atomic mass is 19.1. The van der Waals surface area contributed by atoms with Crippen molar-refractivity contribution in [2.75, 3.05) is 13.4 Å². The van der Waals surface area contributed by atoms with Crippen LogP contribution in [-0.4, -0.2) is 13.4 Å². The standard InChI is InChI=1S/C24H22F2O4/c1-24(2,17-4-10-21-23(12-17)29-15-28-21)14-27-13-16-3-9-20(26)22(11-16)30-19-7-5-18(25)6-8-19/h3-12H,13-15H2,1-2H3. The van der Waals surface area contributed by atoms with Gasteiger partial charge in [0.05, 0.1) is 13.2 Å². The molecule has 0 atom stereocenters. The van der Waals surface area contributed by atoms with Crippen molar-refractivity contribution in [1.82, 2.24) is 0 Å². The van der Waals surface area contributed by atoms with Gasteiger partial charge < -0.3 is 18.9 Å². The van der Waals surface area contributed by atoms with Crippen molar-refractivity contribution in [3.05, 3.63) is 83.4 Å². The summed E-state index contributed by atoms with van der Waals surface area (Å²) < 4.78 is 49.4. The molecule has 0 aromatic heterocycles. The largest absolute Gasteiger partial charge is 0.454 e. The Labute approximate surface area is 174 Å². The third kappa shape index (κ3) is 4.54. The lowest BCUT2D eigenvalue weighted by atomic mass is 9.85. The SMILES string of the molecule is CC(C)(COCc1ccc(F)c(Oc2ccc(F)cc2)c1)c1ccc2c(c1)OCO2. The van der Waals surface area contributed by atoms with Crippen molar-refractivity contribution in [2.45, 2.75) is 25.9 Å². The van der Waals surface area contributed by atoms with E-state index in [1.54, 1.807) is 12.1 Å². The van der Waals surface area contributed by atoms with Gasteiger partial charge in [-0.25, -0.2) is 8.78 Å². The van der Waals surface area contributed by atoms with Crippen LogP contribution in [0.25, 0.3) is 0 Å². The molecule has 1 aliphatic rings. The molecule has 0 unspecified atom stereocenters. The van der Waals surface area contributed by atoms with Gasteiger partial charge >= 0.3 is 0 Å². The van der Waals surface area contributed by atoms with Crippen molar-refractivity contribution in [3.8, 4) is 23.0 Å². The van der Waals surface area contributed by atoms with E-state index in [2.05, 4.69) is 13.8 Å². The predicted octanol–water partition coefficient (Wildman–Crippen LogP) is 5.98. The molecule has 0 saturated carbocycles. The molecule has 0 N–H and O–H groups in total. The molecule has 1 heterocycles. The first kappa shape index (κ1) is 20.2. The Balaban J connectivity index is 1.39. The van der Waals surface area contributed by atoms with Crippen LogP contribution in [-0.2, 0) is 16.8 Å². The fourth-order valence-electron chi connectivity index (χ4n) is 3.17. The Kier molecular flexibility index (Phi) is 5.59. The molecular formula is C24H22F2O4. The number of rotatable bonds is 7. The molecular weight excluding hydrogens is 390 g/mol. The molecule has 3 aromatic rings. The Morgan fingerprint density at radius 3 is 2.47 bits per heavy atom. The molecule has 0 fully saturated rings. The minimum absolute atomic E-state index is 0.0674. The number of halogens is 2. The van der Waals surface area contributed by atoms with Gasteiger partial charge in [-0.2, -0.15) is 0 Å². The van der Waals surface area contributed by atoms with Crippen molar-refractivity contribution in [1.29, 1.82) is 0 Å². The van der Waals surface area contributed by atoms with E-state index in [0.717, 1.165) is 22.6 Å². The molecule has 4 rings (SSSR count). The maximum Gasteiger partial charge on any atom is 0.231 e. The van der Waals surface area contributed by atoms with E-state index in [1.165, 1.54) is 30.3 Å². The van der Waals surface area contributed by atoms with Crippen LogP contribution in [0.15, 0.2) is 60.7 Å². The molecule has 3 aromatic carbocycles. The first-order valence-electron chi connectivity index (χ1n) is 9.60. The lowest BCUT2D eigenvalue weighted by Gasteiger charge is -2.25. The van der Waals surface area contributed by atoms with Gasteiger partial charge in [0.15, 0.2) is 23.1 Å². The Bertz CT molecular complexity index is 1030. The highest BCUT2D eigenvalue weighted by Gasteiger charge is 2.24. The van der Waals surface area contributed by atoms with E-state index >= 15 is 0 Å². The third-order valence-corrected chi connectivity index (χ3v) is 4.92. The zero-order valence-corrected chi connectivity index (χ0v) is 16.8. The van der Waals surface area contributed by atoms with E-state index in [4.69, 9.17) is 18.9 Å². The lowest BCUT2D eigenvalue weighted by Crippen LogP contribution is -2.24. The fraction of sp³-hybridized carbons (Fsp3) is 0.250. The van der Waals surface area contributed by atoms with Gasteiger partial charge in [-0.05, 0) is 59.7 Å². The molecule has 1 aliphatic heterocycles. The van der Waals surface area contributed by atoms with Gasteiger partial charge in [0.25, 0.3) is 0 Å². The van der Waals surface area contributed by atoms with Crippen LogP contribution in [0.2, 0.25) is 0 Å². The first-order chi connectivity index (χ1) is 14.4. The summed E-state index contributed by atoms with van der Waals surface area (Å²) in [5.74, 6) is 1.03. The number of ether oxygens (including phenoxy) is 4. The van der Waals surface area contributed by atoms with Gasteiger partial charge in [0.1, 0.15) is 11.6 Å². The minimum atomic E-state index is -0.497. The molecule has 0 bridgehead atoms. The summed E-state index contributed by atoms with van der Waals surface area (Å²) >= 11 is 0. The van der Waals surface area contributed by atoms with Gasteiger partial charge in [-0.3, -0.25) is 0 Å². The highest BCUT2D eigenvalue weighted by molar-refractivity contribution is 5.46. The van der Waals surface area contributed by atoms with E-state index in [9.17, 15) is 8.78 Å². The smallest absolute Gasteiger partial charge is 0.231 e. The number of fused-ring (bicyclic) bond motifs is 1. The lowest BCUT2D eigenvalue weighted by molar-refractivity contribution is 0.0823. The minimum Gasteiger partial charge on any atom is -0.454 e. The van der Waals surface area contributed by atoms with Crippen LogP contribution in [0.5, 0.6) is 23.0 Å². The topological polar surface area (TPSA) is 36.9 Å². The van der Waals surface area contributed by atoms with E-state index in [-0.39, 0.29) is 23.8 Å². The molecule has 0 saturated heterocycles. The second kappa shape index (κ2) is 8.32. The fourth-order valence-corrected chi connectivity index (χ4v) is 3.17. The summed E-state index contributed by atoms with van der Waals surface area (Å²) in [6, 6.07) is 15.9. The normalized spacial score (nSPS) is 12.8. The van der Waals surface area contributed by atoms with Gasteiger partial charge in [0, 0.05) is 5.41 Å². The molecule has 0 amide bonds. The number of hydrogen-bond acceptors (Lipinski definition) is 4.